The van der Waals surface area contributed by atoms with E-state index >= 15 is 0 Å². The third-order valence-electron chi connectivity index (χ3n) is 2.57. The Kier molecular flexibility index (Phi) is 1.45. The van der Waals surface area contributed by atoms with Gasteiger partial charge in [0.05, 0.1) is 0 Å². The zero-order valence-corrected chi connectivity index (χ0v) is 9.05. The van der Waals surface area contributed by atoms with E-state index in [0.717, 1.165) is 0 Å². The van der Waals surface area contributed by atoms with Crippen molar-refractivity contribution in [2.75, 3.05) is 38.9 Å². The molecule has 3 nitrogen and oxygen atoms in total. The van der Waals surface area contributed by atoms with Crippen molar-refractivity contribution in [1.29, 1.82) is 0 Å². The quantitative estimate of drug-likeness (QED) is 0.425. The molecule has 4 heterocycles. The van der Waals surface area contributed by atoms with Gasteiger partial charge in [0.2, 0.25) is 0 Å². The maximum atomic E-state index is 3.47. The van der Waals surface area contributed by atoms with Gasteiger partial charge in [0.15, 0.2) is 0 Å². The van der Waals surface area contributed by atoms with Gasteiger partial charge in [-0.25, -0.2) is 0 Å². The molecule has 0 aromatic heterocycles. The Hall–Kier alpha value is 0.829. The molecule has 0 aromatic carbocycles. The van der Waals surface area contributed by atoms with E-state index in [4.69, 9.17) is 0 Å². The summed E-state index contributed by atoms with van der Waals surface area (Å²) in [5.41, 5.74) is -0.667. The molecule has 5 heteroatoms. The predicted octanol–water partition coefficient (Wildman–Crippen LogP) is -0.221. The van der Waals surface area contributed by atoms with E-state index in [1.807, 2.05) is 0 Å². The van der Waals surface area contributed by atoms with Crippen LogP contribution in [0.1, 0.15) is 0 Å². The Morgan fingerprint density at radius 2 is 1.18 bits per heavy atom. The van der Waals surface area contributed by atoms with Crippen molar-refractivity contribution in [2.45, 2.75) is 0 Å². The molecule has 0 unspecified atom stereocenters. The molecule has 0 spiro atoms. The first-order chi connectivity index (χ1) is 5.23. The fourth-order valence-electron chi connectivity index (χ4n) is 2.48. The molecule has 0 amide bonds. The second kappa shape index (κ2) is 2.20. The van der Waals surface area contributed by atoms with Crippen LogP contribution in [0.2, 0.25) is 0 Å². The second-order valence-electron chi connectivity index (χ2n) is 3.92. The van der Waals surface area contributed by atoms with Crippen LogP contribution in [0.15, 0.2) is 0 Å². The van der Waals surface area contributed by atoms with Crippen molar-refractivity contribution in [1.82, 2.24) is 14.7 Å². The molecule has 0 atom stereocenters. The third kappa shape index (κ3) is 1.09. The molecule has 0 radical (unpaired) electrons. The monoisotopic (exact) mass is 237 g/mol. The summed E-state index contributed by atoms with van der Waals surface area (Å²) in [6, 6.07) is 0. The fraction of sp³-hybridized carbons (Fsp3) is 1.00. The van der Waals surface area contributed by atoms with Crippen LogP contribution in [0, 0.1) is 0 Å². The van der Waals surface area contributed by atoms with Gasteiger partial charge in [0.1, 0.15) is 0 Å². The summed E-state index contributed by atoms with van der Waals surface area (Å²) in [4.78, 5) is 7.71. The van der Waals surface area contributed by atoms with Gasteiger partial charge in [-0.2, -0.15) is 0 Å². The average molecular weight is 236 g/mol. The van der Waals surface area contributed by atoms with Crippen molar-refractivity contribution >= 4 is 20.6 Å². The van der Waals surface area contributed by atoms with Gasteiger partial charge in [0, 0.05) is 0 Å². The Morgan fingerprint density at radius 1 is 0.818 bits per heavy atom. The van der Waals surface area contributed by atoms with Gasteiger partial charge in [-0.1, -0.05) is 0 Å². The van der Waals surface area contributed by atoms with Gasteiger partial charge >= 0.3 is 74.2 Å². The molecule has 11 heavy (non-hydrogen) atoms. The van der Waals surface area contributed by atoms with Gasteiger partial charge in [-0.05, 0) is 0 Å². The molecule has 4 fully saturated rings. The summed E-state index contributed by atoms with van der Waals surface area (Å²) >= 11 is 3.47. The Balaban J connectivity index is 2.00. The van der Waals surface area contributed by atoms with Crippen LogP contribution < -0.4 is 0 Å². The van der Waals surface area contributed by atoms with Crippen LogP contribution in [-0.4, -0.2) is 68.7 Å². The third-order valence-corrected chi connectivity index (χ3v) is 7.50. The van der Waals surface area contributed by atoms with Gasteiger partial charge in [0.25, 0.3) is 0 Å². The van der Waals surface area contributed by atoms with Crippen LogP contribution in [0.25, 0.3) is 0 Å². The minimum atomic E-state index is -0.667. The standard InChI is InChI=1S/C6H12N3PSe/c11-10-4-7-1-8(5-10)3-9(2-7)6-10/h1-6H2. The van der Waals surface area contributed by atoms with Crippen LogP contribution in [-0.2, 0) is 0 Å². The average Bonchev–Trinajstić information content (AvgIpc) is 1.79. The molecular formula is C6H12N3PSe. The first-order valence-electron chi connectivity index (χ1n) is 3.98. The Bertz CT molecular complexity index is 200. The number of rotatable bonds is 0. The van der Waals surface area contributed by atoms with Crippen LogP contribution >= 0.6 is 5.51 Å². The van der Waals surface area contributed by atoms with Crippen LogP contribution in [0.4, 0.5) is 0 Å². The van der Waals surface area contributed by atoms with E-state index in [9.17, 15) is 0 Å². The molecule has 4 saturated heterocycles. The molecule has 0 aromatic rings. The van der Waals surface area contributed by atoms with Crippen molar-refractivity contribution in [2.24, 2.45) is 0 Å². The van der Waals surface area contributed by atoms with Gasteiger partial charge in [-0.15, -0.1) is 0 Å². The van der Waals surface area contributed by atoms with E-state index in [-0.39, 0.29) is 0 Å². The van der Waals surface area contributed by atoms with Gasteiger partial charge < -0.3 is 0 Å². The zero-order chi connectivity index (χ0) is 7.47. The molecule has 4 aliphatic heterocycles. The van der Waals surface area contributed by atoms with Crippen molar-refractivity contribution in [3.05, 3.63) is 0 Å². The van der Waals surface area contributed by atoms with Crippen molar-refractivity contribution in [3.8, 4) is 0 Å². The van der Waals surface area contributed by atoms with E-state index in [2.05, 4.69) is 29.8 Å². The molecular weight excluding hydrogens is 224 g/mol. The number of hydrogen-bond acceptors (Lipinski definition) is 3. The van der Waals surface area contributed by atoms with Crippen LogP contribution in [0.3, 0.4) is 0 Å². The summed E-state index contributed by atoms with van der Waals surface area (Å²) in [6.45, 7) is 3.67. The molecule has 0 saturated carbocycles. The summed E-state index contributed by atoms with van der Waals surface area (Å²) in [5.74, 6) is 0. The van der Waals surface area contributed by atoms with Crippen molar-refractivity contribution in [3.63, 3.8) is 0 Å². The first kappa shape index (κ1) is 7.25. The molecule has 4 rings (SSSR count). The van der Waals surface area contributed by atoms with Crippen molar-refractivity contribution < 1.29 is 0 Å². The van der Waals surface area contributed by atoms with Gasteiger partial charge in [-0.3, -0.25) is 0 Å². The summed E-state index contributed by atoms with van der Waals surface area (Å²) < 4.78 is 0. The topological polar surface area (TPSA) is 9.72 Å². The van der Waals surface area contributed by atoms with E-state index in [1.165, 1.54) is 38.9 Å². The Labute approximate surface area is 74.5 Å². The minimum absolute atomic E-state index is 0.667. The number of hydrogen-bond donors (Lipinski definition) is 0. The van der Waals surface area contributed by atoms with E-state index in [1.54, 1.807) is 0 Å². The maximum absolute atomic E-state index is 3.47. The molecule has 0 aliphatic carbocycles. The first-order valence-corrected chi connectivity index (χ1v) is 8.54. The fourth-order valence-corrected chi connectivity index (χ4v) is 8.55. The second-order valence-corrected chi connectivity index (χ2v) is 11.8. The van der Waals surface area contributed by atoms with E-state index in [0.29, 0.717) is 0 Å². The normalized spacial score (nSPS) is 60.2. The Morgan fingerprint density at radius 3 is 1.45 bits per heavy atom. The summed E-state index contributed by atoms with van der Waals surface area (Å²) in [6.07, 6.45) is 4.12. The number of nitrogens with zero attached hydrogens (tertiary/aromatic N) is 3. The molecule has 0 N–H and O–H groups in total. The summed E-state index contributed by atoms with van der Waals surface area (Å²) in [7, 11) is 0. The summed E-state index contributed by atoms with van der Waals surface area (Å²) in [5, 5.41) is 0. The zero-order valence-electron chi connectivity index (χ0n) is 6.44. The van der Waals surface area contributed by atoms with Crippen LogP contribution in [0.5, 0.6) is 0 Å². The molecule has 4 bridgehead atoms. The predicted molar refractivity (Wildman–Crippen MR) is 47.4 cm³/mol. The SMILES string of the molecule is [Se]=P12CN3CN(CN(C3)C1)C2. The molecule has 4 aliphatic rings. The van der Waals surface area contributed by atoms with E-state index < -0.39 is 5.51 Å². The molecule has 62 valence electrons.